The van der Waals surface area contributed by atoms with Crippen molar-refractivity contribution in [2.24, 2.45) is 5.92 Å². The number of amides is 2. The number of piperazine rings is 1. The summed E-state index contributed by atoms with van der Waals surface area (Å²) >= 11 is 0. The number of carbonyl (C=O) groups excluding carboxylic acids is 2. The van der Waals surface area contributed by atoms with E-state index < -0.39 is 0 Å². The van der Waals surface area contributed by atoms with Gasteiger partial charge in [-0.15, -0.1) is 0 Å². The van der Waals surface area contributed by atoms with Gasteiger partial charge in [-0.25, -0.2) is 0 Å². The van der Waals surface area contributed by atoms with Gasteiger partial charge in [0.2, 0.25) is 11.8 Å². The quantitative estimate of drug-likeness (QED) is 0.849. The van der Waals surface area contributed by atoms with E-state index in [0.29, 0.717) is 19.6 Å². The first-order valence-electron chi connectivity index (χ1n) is 8.84. The fourth-order valence-electron chi connectivity index (χ4n) is 3.53. The Labute approximate surface area is 143 Å². The van der Waals surface area contributed by atoms with Gasteiger partial charge in [0.1, 0.15) is 0 Å². The van der Waals surface area contributed by atoms with E-state index in [1.165, 1.54) is 0 Å². The first-order chi connectivity index (χ1) is 11.5. The lowest BCUT2D eigenvalue weighted by atomic mass is 9.94. The summed E-state index contributed by atoms with van der Waals surface area (Å²) in [4.78, 5) is 28.7. The van der Waals surface area contributed by atoms with Crippen LogP contribution < -0.4 is 5.32 Å². The van der Waals surface area contributed by atoms with Gasteiger partial charge in [-0.3, -0.25) is 19.2 Å². The number of carbonyl (C=O) groups is 2. The predicted octanol–water partition coefficient (Wildman–Crippen LogP) is 0.114. The maximum absolute atomic E-state index is 12.8. The van der Waals surface area contributed by atoms with Crippen LogP contribution in [0.2, 0.25) is 0 Å². The molecular weight excluding hydrogens is 306 g/mol. The number of aromatic nitrogens is 2. The van der Waals surface area contributed by atoms with E-state index >= 15 is 0 Å². The van der Waals surface area contributed by atoms with Crippen molar-refractivity contribution >= 4 is 11.8 Å². The zero-order valence-corrected chi connectivity index (χ0v) is 14.6. The van der Waals surface area contributed by atoms with Crippen LogP contribution in [0.25, 0.3) is 0 Å². The maximum atomic E-state index is 12.8. The number of hydrogen-bond donors (Lipinski definition) is 1. The lowest BCUT2D eigenvalue weighted by Gasteiger charge is -2.37. The normalized spacial score (nSPS) is 21.6. The van der Waals surface area contributed by atoms with Crippen molar-refractivity contribution in [3.05, 3.63) is 18.0 Å². The molecule has 2 aliphatic rings. The fraction of sp³-hybridized carbons (Fsp3) is 0.706. The predicted molar refractivity (Wildman–Crippen MR) is 90.3 cm³/mol. The molecular formula is C17H27N5O2. The van der Waals surface area contributed by atoms with Crippen molar-refractivity contribution in [1.29, 1.82) is 0 Å². The van der Waals surface area contributed by atoms with Crippen molar-refractivity contribution < 1.29 is 9.59 Å². The van der Waals surface area contributed by atoms with Crippen LogP contribution in [0.1, 0.15) is 26.0 Å². The number of nitrogens with one attached hydrogen (secondary N) is 1. The Morgan fingerprint density at radius 2 is 2.00 bits per heavy atom. The summed E-state index contributed by atoms with van der Waals surface area (Å²) in [6, 6.07) is 2.17. The molecule has 1 N–H and O–H groups in total. The van der Waals surface area contributed by atoms with Crippen molar-refractivity contribution in [2.75, 3.05) is 32.7 Å². The molecule has 2 aliphatic heterocycles. The Bertz CT molecular complexity index is 590. The van der Waals surface area contributed by atoms with Gasteiger partial charge in [-0.05, 0) is 26.3 Å². The monoisotopic (exact) mass is 333 g/mol. The van der Waals surface area contributed by atoms with E-state index in [9.17, 15) is 9.59 Å². The number of hydrogen-bond acceptors (Lipinski definition) is 4. The highest BCUT2D eigenvalue weighted by atomic mass is 16.2. The molecule has 0 radical (unpaired) electrons. The summed E-state index contributed by atoms with van der Waals surface area (Å²) in [7, 11) is 0. The molecule has 0 aliphatic carbocycles. The smallest absolute Gasteiger partial charge is 0.234 e. The highest BCUT2D eigenvalue weighted by molar-refractivity contribution is 5.80. The third-order valence-electron chi connectivity index (χ3n) is 4.80. The van der Waals surface area contributed by atoms with Crippen LogP contribution >= 0.6 is 0 Å². The van der Waals surface area contributed by atoms with Crippen LogP contribution in [-0.2, 0) is 22.6 Å². The summed E-state index contributed by atoms with van der Waals surface area (Å²) in [5.41, 5.74) is 1.16. The summed E-state index contributed by atoms with van der Waals surface area (Å²) < 4.78 is 2.00. The summed E-state index contributed by atoms with van der Waals surface area (Å²) in [6.45, 7) is 8.13. The van der Waals surface area contributed by atoms with Crippen molar-refractivity contribution in [3.8, 4) is 0 Å². The van der Waals surface area contributed by atoms with Crippen LogP contribution in [0.15, 0.2) is 12.3 Å². The minimum Gasteiger partial charge on any atom is -0.353 e. The van der Waals surface area contributed by atoms with Crippen LogP contribution in [0.5, 0.6) is 0 Å². The number of rotatable bonds is 4. The lowest BCUT2D eigenvalue weighted by molar-refractivity contribution is -0.138. The second kappa shape index (κ2) is 7.34. The largest absolute Gasteiger partial charge is 0.353 e. The van der Waals surface area contributed by atoms with Gasteiger partial charge in [-0.1, -0.05) is 0 Å². The first kappa shape index (κ1) is 17.0. The molecule has 3 rings (SSSR count). The van der Waals surface area contributed by atoms with E-state index in [0.717, 1.165) is 38.2 Å². The molecule has 2 amide bonds. The lowest BCUT2D eigenvalue weighted by Crippen LogP contribution is -2.53. The molecule has 1 aromatic heterocycles. The van der Waals surface area contributed by atoms with Crippen molar-refractivity contribution in [3.63, 3.8) is 0 Å². The molecule has 0 saturated carbocycles. The van der Waals surface area contributed by atoms with Gasteiger partial charge < -0.3 is 10.2 Å². The third-order valence-corrected chi connectivity index (χ3v) is 4.80. The molecule has 24 heavy (non-hydrogen) atoms. The van der Waals surface area contributed by atoms with Gasteiger partial charge >= 0.3 is 0 Å². The standard InChI is InChI=1S/C17H27N5O2/c1-13(2)19-16(23)12-20-7-9-21(10-8-20)17(24)14-4-6-22-15(11-14)3-5-18-22/h3,5,13-14H,4,6-12H2,1-2H3,(H,19,23). The molecule has 132 valence electrons. The van der Waals surface area contributed by atoms with E-state index in [-0.39, 0.29) is 23.8 Å². The Morgan fingerprint density at radius 3 is 2.71 bits per heavy atom. The molecule has 1 fully saturated rings. The average molecular weight is 333 g/mol. The minimum absolute atomic E-state index is 0.0605. The highest BCUT2D eigenvalue weighted by Crippen LogP contribution is 2.22. The average Bonchev–Trinajstić information content (AvgIpc) is 3.01. The molecule has 1 aromatic rings. The zero-order chi connectivity index (χ0) is 17.1. The SMILES string of the molecule is CC(C)NC(=O)CN1CCN(C(=O)C2CCn3nccc3C2)CC1. The first-order valence-corrected chi connectivity index (χ1v) is 8.84. The maximum Gasteiger partial charge on any atom is 0.234 e. The van der Waals surface area contributed by atoms with Gasteiger partial charge in [-0.2, -0.15) is 5.10 Å². The highest BCUT2D eigenvalue weighted by Gasteiger charge is 2.30. The summed E-state index contributed by atoms with van der Waals surface area (Å²) in [6.07, 6.45) is 3.46. The van der Waals surface area contributed by atoms with Crippen LogP contribution in [0.3, 0.4) is 0 Å². The molecule has 0 aromatic carbocycles. The van der Waals surface area contributed by atoms with Gasteiger partial charge in [0.25, 0.3) is 0 Å². The van der Waals surface area contributed by atoms with Crippen molar-refractivity contribution in [2.45, 2.75) is 39.3 Å². The van der Waals surface area contributed by atoms with Crippen LogP contribution in [0.4, 0.5) is 0 Å². The summed E-state index contributed by atoms with van der Waals surface area (Å²) in [5.74, 6) is 0.393. The van der Waals surface area contributed by atoms with Crippen LogP contribution in [-0.4, -0.2) is 70.2 Å². The molecule has 1 atom stereocenters. The topological polar surface area (TPSA) is 70.5 Å². The Kier molecular flexibility index (Phi) is 5.18. The van der Waals surface area contributed by atoms with E-state index in [1.807, 2.05) is 35.7 Å². The molecule has 7 heteroatoms. The van der Waals surface area contributed by atoms with Gasteiger partial charge in [0, 0.05) is 63.0 Å². The molecule has 1 unspecified atom stereocenters. The number of aryl methyl sites for hydroxylation is 1. The van der Waals surface area contributed by atoms with Crippen LogP contribution in [0, 0.1) is 5.92 Å². The molecule has 0 bridgehead atoms. The Hall–Kier alpha value is -1.89. The van der Waals surface area contributed by atoms with E-state index in [1.54, 1.807) is 0 Å². The fourth-order valence-corrected chi connectivity index (χ4v) is 3.53. The van der Waals surface area contributed by atoms with Crippen molar-refractivity contribution in [1.82, 2.24) is 24.9 Å². The Balaban J connectivity index is 1.46. The zero-order valence-electron chi connectivity index (χ0n) is 14.6. The third kappa shape index (κ3) is 3.95. The Morgan fingerprint density at radius 1 is 1.25 bits per heavy atom. The number of fused-ring (bicyclic) bond motifs is 1. The second-order valence-corrected chi connectivity index (χ2v) is 7.06. The van der Waals surface area contributed by atoms with E-state index in [4.69, 9.17) is 0 Å². The molecule has 0 spiro atoms. The minimum atomic E-state index is 0.0605. The molecule has 1 saturated heterocycles. The van der Waals surface area contributed by atoms with E-state index in [2.05, 4.69) is 15.3 Å². The summed E-state index contributed by atoms with van der Waals surface area (Å²) in [5, 5.41) is 7.18. The second-order valence-electron chi connectivity index (χ2n) is 7.06. The number of nitrogens with zero attached hydrogens (tertiary/aromatic N) is 4. The van der Waals surface area contributed by atoms with Gasteiger partial charge in [0.05, 0.1) is 6.54 Å². The molecule has 7 nitrogen and oxygen atoms in total. The van der Waals surface area contributed by atoms with Gasteiger partial charge in [0.15, 0.2) is 0 Å². The molecule has 3 heterocycles.